The third-order valence-electron chi connectivity index (χ3n) is 4.09. The van der Waals surface area contributed by atoms with Crippen LogP contribution in [0.15, 0.2) is 30.3 Å². The van der Waals surface area contributed by atoms with Gasteiger partial charge in [-0.05, 0) is 44.2 Å². The predicted octanol–water partition coefficient (Wildman–Crippen LogP) is 3.80. The topological polar surface area (TPSA) is 59.6 Å². The van der Waals surface area contributed by atoms with E-state index in [1.165, 1.54) is 14.2 Å². The van der Waals surface area contributed by atoms with Crippen LogP contribution in [-0.2, 0) is 4.79 Å². The summed E-state index contributed by atoms with van der Waals surface area (Å²) in [6.45, 7) is 3.38. The Morgan fingerprint density at radius 3 is 2.33 bits per heavy atom. The highest BCUT2D eigenvalue weighted by molar-refractivity contribution is 5.94. The van der Waals surface area contributed by atoms with Crippen molar-refractivity contribution in [2.75, 3.05) is 19.5 Å². The lowest BCUT2D eigenvalue weighted by atomic mass is 10.1. The van der Waals surface area contributed by atoms with E-state index in [9.17, 15) is 18.0 Å². The Kier molecular flexibility index (Phi) is 6.68. The van der Waals surface area contributed by atoms with Crippen molar-refractivity contribution in [3.63, 3.8) is 0 Å². The summed E-state index contributed by atoms with van der Waals surface area (Å²) in [5.74, 6) is -3.78. The molecule has 0 fully saturated rings. The van der Waals surface area contributed by atoms with Crippen LogP contribution in [0.25, 0.3) is 0 Å². The molecule has 2 aromatic carbocycles. The highest BCUT2D eigenvalue weighted by atomic mass is 19.2. The second-order valence-electron chi connectivity index (χ2n) is 5.93. The van der Waals surface area contributed by atoms with Crippen molar-refractivity contribution < 1.29 is 27.4 Å². The van der Waals surface area contributed by atoms with E-state index >= 15 is 0 Å². The van der Waals surface area contributed by atoms with Crippen LogP contribution < -0.4 is 20.1 Å². The van der Waals surface area contributed by atoms with Gasteiger partial charge in [0.15, 0.2) is 17.5 Å². The van der Waals surface area contributed by atoms with E-state index in [0.29, 0.717) is 11.5 Å². The Labute approximate surface area is 155 Å². The minimum Gasteiger partial charge on any atom is -0.497 e. The molecule has 0 saturated carbocycles. The van der Waals surface area contributed by atoms with Crippen LogP contribution in [0.2, 0.25) is 0 Å². The summed E-state index contributed by atoms with van der Waals surface area (Å²) in [6, 6.07) is 5.90. The van der Waals surface area contributed by atoms with Crippen LogP contribution in [-0.4, -0.2) is 26.2 Å². The third kappa shape index (κ3) is 4.71. The summed E-state index contributed by atoms with van der Waals surface area (Å²) >= 11 is 0. The van der Waals surface area contributed by atoms with E-state index in [0.717, 1.165) is 17.7 Å². The van der Waals surface area contributed by atoms with Gasteiger partial charge in [-0.15, -0.1) is 0 Å². The molecule has 2 atom stereocenters. The van der Waals surface area contributed by atoms with Gasteiger partial charge in [-0.1, -0.05) is 0 Å². The Balaban J connectivity index is 2.11. The van der Waals surface area contributed by atoms with Crippen molar-refractivity contribution >= 4 is 11.6 Å². The lowest BCUT2D eigenvalue weighted by Gasteiger charge is -2.22. The van der Waals surface area contributed by atoms with Crippen LogP contribution in [0.5, 0.6) is 11.5 Å². The van der Waals surface area contributed by atoms with Crippen LogP contribution in [0, 0.1) is 17.5 Å². The normalized spacial score (nSPS) is 13.0. The number of methoxy groups -OCH3 is 2. The Morgan fingerprint density at radius 2 is 1.70 bits per heavy atom. The van der Waals surface area contributed by atoms with Crippen LogP contribution >= 0.6 is 0 Å². The van der Waals surface area contributed by atoms with Gasteiger partial charge in [-0.2, -0.15) is 0 Å². The van der Waals surface area contributed by atoms with E-state index in [2.05, 4.69) is 10.6 Å². The number of ether oxygens (including phenoxy) is 2. The third-order valence-corrected chi connectivity index (χ3v) is 4.09. The molecule has 1 amide bonds. The molecule has 0 radical (unpaired) electrons. The molecule has 0 aromatic heterocycles. The first-order chi connectivity index (χ1) is 12.8. The lowest BCUT2D eigenvalue weighted by Crippen LogP contribution is -2.39. The van der Waals surface area contributed by atoms with Crippen LogP contribution in [0.4, 0.5) is 18.9 Å². The molecule has 2 rings (SSSR count). The molecule has 0 aliphatic carbocycles. The molecule has 146 valence electrons. The first-order valence-electron chi connectivity index (χ1n) is 8.20. The van der Waals surface area contributed by atoms with Crippen molar-refractivity contribution in [3.05, 3.63) is 53.3 Å². The second kappa shape index (κ2) is 8.77. The number of amides is 1. The molecular weight excluding hydrogens is 361 g/mol. The Bertz CT molecular complexity index is 830. The molecule has 0 heterocycles. The van der Waals surface area contributed by atoms with Gasteiger partial charge in [0.05, 0.1) is 25.9 Å². The molecule has 0 aliphatic heterocycles. The molecule has 0 aliphatic rings. The summed E-state index contributed by atoms with van der Waals surface area (Å²) in [6.07, 6.45) is 0. The Hall–Kier alpha value is -2.74. The number of anilines is 1. The standard InChI is InChI=1S/C19H21F3N2O3/c1-10(13-9-12(26-3)5-8-16(13)27-4)23-11(2)19(25)24-15-7-6-14(20)17(21)18(15)22/h5-11,23H,1-4H3,(H,24,25). The number of hydrogen-bond donors (Lipinski definition) is 2. The number of rotatable bonds is 7. The highest BCUT2D eigenvalue weighted by Gasteiger charge is 2.21. The zero-order valence-corrected chi connectivity index (χ0v) is 15.4. The summed E-state index contributed by atoms with van der Waals surface area (Å²) in [7, 11) is 3.07. The number of nitrogens with one attached hydrogen (secondary N) is 2. The van der Waals surface area contributed by atoms with E-state index in [4.69, 9.17) is 9.47 Å². The molecule has 0 saturated heterocycles. The van der Waals surface area contributed by atoms with E-state index in [-0.39, 0.29) is 6.04 Å². The highest BCUT2D eigenvalue weighted by Crippen LogP contribution is 2.29. The van der Waals surface area contributed by atoms with Gasteiger partial charge in [-0.25, -0.2) is 13.2 Å². The summed E-state index contributed by atoms with van der Waals surface area (Å²) in [5, 5.41) is 5.30. The summed E-state index contributed by atoms with van der Waals surface area (Å²) < 4.78 is 50.5. The summed E-state index contributed by atoms with van der Waals surface area (Å²) in [4.78, 5) is 12.3. The summed E-state index contributed by atoms with van der Waals surface area (Å²) in [5.41, 5.74) is 0.328. The van der Waals surface area contributed by atoms with Gasteiger partial charge in [-0.3, -0.25) is 10.1 Å². The first-order valence-corrected chi connectivity index (χ1v) is 8.20. The van der Waals surface area contributed by atoms with Gasteiger partial charge in [0.2, 0.25) is 5.91 Å². The minimum absolute atomic E-state index is 0.314. The van der Waals surface area contributed by atoms with Crippen LogP contribution in [0.1, 0.15) is 25.5 Å². The predicted molar refractivity (Wildman–Crippen MR) is 95.5 cm³/mol. The van der Waals surface area contributed by atoms with E-state index < -0.39 is 35.1 Å². The van der Waals surface area contributed by atoms with Gasteiger partial charge >= 0.3 is 0 Å². The van der Waals surface area contributed by atoms with Crippen molar-refractivity contribution in [1.82, 2.24) is 5.32 Å². The van der Waals surface area contributed by atoms with Crippen LogP contribution in [0.3, 0.4) is 0 Å². The maximum Gasteiger partial charge on any atom is 0.241 e. The average molecular weight is 382 g/mol. The second-order valence-corrected chi connectivity index (χ2v) is 5.93. The quantitative estimate of drug-likeness (QED) is 0.716. The molecule has 5 nitrogen and oxygen atoms in total. The number of carbonyl (C=O) groups excluding carboxylic acids is 1. The number of hydrogen-bond acceptors (Lipinski definition) is 4. The zero-order chi connectivity index (χ0) is 20.1. The smallest absolute Gasteiger partial charge is 0.241 e. The molecule has 2 unspecified atom stereocenters. The maximum atomic E-state index is 13.7. The van der Waals surface area contributed by atoms with Gasteiger partial charge in [0, 0.05) is 11.6 Å². The first kappa shape index (κ1) is 20.6. The fourth-order valence-electron chi connectivity index (χ4n) is 2.58. The zero-order valence-electron chi connectivity index (χ0n) is 15.4. The fraction of sp³-hybridized carbons (Fsp3) is 0.316. The molecular formula is C19H21F3N2O3. The number of halogens is 3. The molecule has 0 bridgehead atoms. The average Bonchev–Trinajstić information content (AvgIpc) is 2.67. The largest absolute Gasteiger partial charge is 0.497 e. The molecule has 2 aromatic rings. The lowest BCUT2D eigenvalue weighted by molar-refractivity contribution is -0.118. The monoisotopic (exact) mass is 382 g/mol. The minimum atomic E-state index is -1.64. The maximum absolute atomic E-state index is 13.7. The van der Waals surface area contributed by atoms with Crippen molar-refractivity contribution in [2.24, 2.45) is 0 Å². The van der Waals surface area contributed by atoms with E-state index in [1.807, 2.05) is 6.92 Å². The molecule has 27 heavy (non-hydrogen) atoms. The van der Waals surface area contributed by atoms with Gasteiger partial charge < -0.3 is 14.8 Å². The Morgan fingerprint density at radius 1 is 1.00 bits per heavy atom. The number of benzene rings is 2. The molecule has 2 N–H and O–H groups in total. The van der Waals surface area contributed by atoms with Crippen molar-refractivity contribution in [1.29, 1.82) is 0 Å². The fourth-order valence-corrected chi connectivity index (χ4v) is 2.58. The molecule has 8 heteroatoms. The van der Waals surface area contributed by atoms with E-state index in [1.54, 1.807) is 25.1 Å². The van der Waals surface area contributed by atoms with Gasteiger partial charge in [0.25, 0.3) is 0 Å². The van der Waals surface area contributed by atoms with Crippen molar-refractivity contribution in [3.8, 4) is 11.5 Å². The van der Waals surface area contributed by atoms with Crippen molar-refractivity contribution in [2.45, 2.75) is 25.9 Å². The van der Waals surface area contributed by atoms with Gasteiger partial charge in [0.1, 0.15) is 11.5 Å². The SMILES string of the molecule is COc1ccc(OC)c(C(C)NC(C)C(=O)Nc2ccc(F)c(F)c2F)c1. The number of carbonyl (C=O) groups is 1. The molecule has 0 spiro atoms.